The molecule has 13 heavy (non-hydrogen) atoms. The van der Waals surface area contributed by atoms with Gasteiger partial charge in [0.25, 0.3) is 0 Å². The van der Waals surface area contributed by atoms with Crippen molar-refractivity contribution < 1.29 is 14.6 Å². The van der Waals surface area contributed by atoms with Gasteiger partial charge in [0.15, 0.2) is 0 Å². The molecule has 1 amide bonds. The number of carbonyl (C=O) groups is 1. The summed E-state index contributed by atoms with van der Waals surface area (Å²) in [7, 11) is 0. The SMILES string of the molecule is C[C@H](CCO)OC(=O)NC(C)(C)C. The Hall–Kier alpha value is -0.770. The Labute approximate surface area is 79.3 Å². The van der Waals surface area contributed by atoms with E-state index in [0.29, 0.717) is 6.42 Å². The third-order valence-corrected chi connectivity index (χ3v) is 1.32. The van der Waals surface area contributed by atoms with E-state index in [0.717, 1.165) is 0 Å². The molecule has 0 aromatic carbocycles. The Morgan fingerprint density at radius 2 is 2.08 bits per heavy atom. The first-order chi connectivity index (χ1) is 5.85. The van der Waals surface area contributed by atoms with Gasteiger partial charge in [-0.1, -0.05) is 0 Å². The summed E-state index contributed by atoms with van der Waals surface area (Å²) in [6, 6.07) is 0. The zero-order valence-electron chi connectivity index (χ0n) is 8.76. The van der Waals surface area contributed by atoms with Gasteiger partial charge in [-0.3, -0.25) is 0 Å². The van der Waals surface area contributed by atoms with E-state index in [2.05, 4.69) is 5.32 Å². The molecule has 0 aliphatic heterocycles. The normalized spacial score (nSPS) is 13.6. The van der Waals surface area contributed by atoms with Crippen molar-refractivity contribution in [3.63, 3.8) is 0 Å². The van der Waals surface area contributed by atoms with E-state index < -0.39 is 6.09 Å². The molecule has 4 heteroatoms. The number of aliphatic hydroxyl groups is 1. The third-order valence-electron chi connectivity index (χ3n) is 1.32. The fourth-order valence-electron chi connectivity index (χ4n) is 0.759. The molecule has 4 nitrogen and oxygen atoms in total. The van der Waals surface area contributed by atoms with Gasteiger partial charge in [0.1, 0.15) is 6.10 Å². The standard InChI is InChI=1S/C9H19NO3/c1-7(5-6-11)13-8(12)10-9(2,3)4/h7,11H,5-6H2,1-4H3,(H,10,12)/t7-/m1/s1. The molecule has 0 radical (unpaired) electrons. The number of nitrogens with one attached hydrogen (secondary N) is 1. The van der Waals surface area contributed by atoms with E-state index in [-0.39, 0.29) is 18.2 Å². The molecule has 0 fully saturated rings. The number of rotatable bonds is 3. The van der Waals surface area contributed by atoms with E-state index in [9.17, 15) is 4.79 Å². The van der Waals surface area contributed by atoms with E-state index >= 15 is 0 Å². The van der Waals surface area contributed by atoms with E-state index in [1.165, 1.54) is 0 Å². The van der Waals surface area contributed by atoms with Crippen molar-refractivity contribution >= 4 is 6.09 Å². The molecule has 0 heterocycles. The Balaban J connectivity index is 3.74. The largest absolute Gasteiger partial charge is 0.446 e. The number of aliphatic hydroxyl groups excluding tert-OH is 1. The monoisotopic (exact) mass is 189 g/mol. The predicted octanol–water partition coefficient (Wildman–Crippen LogP) is 1.28. The van der Waals surface area contributed by atoms with Crippen LogP contribution in [0.15, 0.2) is 0 Å². The molecule has 0 rings (SSSR count). The molecule has 78 valence electrons. The lowest BCUT2D eigenvalue weighted by Crippen LogP contribution is -2.42. The number of ether oxygens (including phenoxy) is 1. The van der Waals surface area contributed by atoms with Crippen LogP contribution in [0.3, 0.4) is 0 Å². The first-order valence-electron chi connectivity index (χ1n) is 4.45. The lowest BCUT2D eigenvalue weighted by atomic mass is 10.1. The summed E-state index contributed by atoms with van der Waals surface area (Å²) in [5.41, 5.74) is -0.282. The van der Waals surface area contributed by atoms with Crippen LogP contribution in [0.2, 0.25) is 0 Å². The number of hydrogen-bond acceptors (Lipinski definition) is 3. The van der Waals surface area contributed by atoms with Crippen molar-refractivity contribution in [2.24, 2.45) is 0 Å². The third kappa shape index (κ3) is 7.59. The van der Waals surface area contributed by atoms with E-state index in [4.69, 9.17) is 9.84 Å². The van der Waals surface area contributed by atoms with Crippen molar-refractivity contribution in [3.8, 4) is 0 Å². The lowest BCUT2D eigenvalue weighted by molar-refractivity contribution is 0.0848. The fourth-order valence-corrected chi connectivity index (χ4v) is 0.759. The molecule has 0 unspecified atom stereocenters. The zero-order chi connectivity index (χ0) is 10.5. The van der Waals surface area contributed by atoms with Crippen LogP contribution in [0, 0.1) is 0 Å². The maximum Gasteiger partial charge on any atom is 0.407 e. The molecule has 0 bridgehead atoms. The Kier molecular flexibility index (Phi) is 4.77. The molecule has 0 aliphatic carbocycles. The molecule has 0 aromatic heterocycles. The molecular weight excluding hydrogens is 170 g/mol. The second kappa shape index (κ2) is 5.07. The molecular formula is C9H19NO3. The minimum absolute atomic E-state index is 0.0317. The predicted molar refractivity (Wildman–Crippen MR) is 50.5 cm³/mol. The van der Waals surface area contributed by atoms with Gasteiger partial charge in [-0.05, 0) is 27.7 Å². The Morgan fingerprint density at radius 3 is 2.46 bits per heavy atom. The first kappa shape index (κ1) is 12.2. The second-order valence-corrected chi connectivity index (χ2v) is 4.10. The smallest absolute Gasteiger partial charge is 0.407 e. The molecule has 0 spiro atoms. The van der Waals surface area contributed by atoms with Crippen LogP contribution in [0.25, 0.3) is 0 Å². The summed E-state index contributed by atoms with van der Waals surface area (Å²) < 4.78 is 4.96. The lowest BCUT2D eigenvalue weighted by Gasteiger charge is -2.21. The molecule has 0 saturated heterocycles. The van der Waals surface area contributed by atoms with Crippen molar-refractivity contribution in [1.82, 2.24) is 5.32 Å². The molecule has 0 aliphatic rings. The summed E-state index contributed by atoms with van der Waals surface area (Å²) >= 11 is 0. The van der Waals surface area contributed by atoms with Crippen molar-refractivity contribution in [2.75, 3.05) is 6.61 Å². The van der Waals surface area contributed by atoms with Crippen LogP contribution in [-0.2, 0) is 4.74 Å². The van der Waals surface area contributed by atoms with Crippen LogP contribution in [0.4, 0.5) is 4.79 Å². The van der Waals surface area contributed by atoms with Crippen LogP contribution in [0.1, 0.15) is 34.1 Å². The number of amides is 1. The zero-order valence-corrected chi connectivity index (χ0v) is 8.76. The summed E-state index contributed by atoms with van der Waals surface area (Å²) in [5, 5.41) is 11.2. The Morgan fingerprint density at radius 1 is 1.54 bits per heavy atom. The molecule has 2 N–H and O–H groups in total. The number of carbonyl (C=O) groups excluding carboxylic acids is 1. The highest BCUT2D eigenvalue weighted by molar-refractivity contribution is 5.68. The minimum Gasteiger partial charge on any atom is -0.446 e. The summed E-state index contributed by atoms with van der Waals surface area (Å²) in [5.74, 6) is 0. The Bertz CT molecular complexity index is 163. The van der Waals surface area contributed by atoms with Crippen LogP contribution in [0.5, 0.6) is 0 Å². The average molecular weight is 189 g/mol. The topological polar surface area (TPSA) is 58.6 Å². The van der Waals surface area contributed by atoms with Crippen LogP contribution < -0.4 is 5.32 Å². The van der Waals surface area contributed by atoms with Crippen LogP contribution >= 0.6 is 0 Å². The molecule has 0 saturated carbocycles. The maximum absolute atomic E-state index is 11.1. The van der Waals surface area contributed by atoms with Crippen molar-refractivity contribution in [3.05, 3.63) is 0 Å². The fraction of sp³-hybridized carbons (Fsp3) is 0.889. The summed E-state index contributed by atoms with van der Waals surface area (Å²) in [6.07, 6.45) is -0.210. The highest BCUT2D eigenvalue weighted by Gasteiger charge is 2.16. The highest BCUT2D eigenvalue weighted by atomic mass is 16.6. The van der Waals surface area contributed by atoms with Crippen molar-refractivity contribution in [1.29, 1.82) is 0 Å². The van der Waals surface area contributed by atoms with Gasteiger partial charge in [0.2, 0.25) is 0 Å². The summed E-state index contributed by atoms with van der Waals surface area (Å²) in [6.45, 7) is 7.42. The molecule has 1 atom stereocenters. The van der Waals surface area contributed by atoms with Gasteiger partial charge in [-0.25, -0.2) is 4.79 Å². The van der Waals surface area contributed by atoms with Crippen molar-refractivity contribution in [2.45, 2.75) is 45.8 Å². The number of alkyl carbamates (subject to hydrolysis) is 1. The summed E-state index contributed by atoms with van der Waals surface area (Å²) in [4.78, 5) is 11.1. The highest BCUT2D eigenvalue weighted by Crippen LogP contribution is 2.02. The number of hydrogen-bond donors (Lipinski definition) is 2. The van der Waals surface area contributed by atoms with Gasteiger partial charge in [-0.2, -0.15) is 0 Å². The van der Waals surface area contributed by atoms with Crippen LogP contribution in [-0.4, -0.2) is 29.4 Å². The van der Waals surface area contributed by atoms with Gasteiger partial charge in [-0.15, -0.1) is 0 Å². The first-order valence-corrected chi connectivity index (χ1v) is 4.45. The van der Waals surface area contributed by atoms with Gasteiger partial charge in [0.05, 0.1) is 0 Å². The average Bonchev–Trinajstić information content (AvgIpc) is 1.81. The maximum atomic E-state index is 11.1. The van der Waals surface area contributed by atoms with E-state index in [1.54, 1.807) is 6.92 Å². The van der Waals surface area contributed by atoms with Gasteiger partial charge >= 0.3 is 6.09 Å². The second-order valence-electron chi connectivity index (χ2n) is 4.10. The van der Waals surface area contributed by atoms with Gasteiger partial charge < -0.3 is 15.2 Å². The minimum atomic E-state index is -0.437. The van der Waals surface area contributed by atoms with E-state index in [1.807, 2.05) is 20.8 Å². The van der Waals surface area contributed by atoms with Gasteiger partial charge in [0, 0.05) is 18.6 Å². The molecule has 0 aromatic rings. The quantitative estimate of drug-likeness (QED) is 0.703.